The number of hydrogen-bond donors (Lipinski definition) is 0. The minimum Gasteiger partial charge on any atom is -0.461 e. The number of rotatable bonds is 1. The summed E-state index contributed by atoms with van der Waals surface area (Å²) in [6.07, 6.45) is 1.85. The van der Waals surface area contributed by atoms with E-state index < -0.39 is 0 Å². The fourth-order valence-corrected chi connectivity index (χ4v) is 1.61. The van der Waals surface area contributed by atoms with E-state index in [0.29, 0.717) is 0 Å². The Balaban J connectivity index is 0.000000531. The molecular formula is C14H18O. The van der Waals surface area contributed by atoms with Gasteiger partial charge in [0.15, 0.2) is 0 Å². The maximum Gasteiger partial charge on any atom is 0.134 e. The van der Waals surface area contributed by atoms with Gasteiger partial charge in [0.2, 0.25) is 0 Å². The monoisotopic (exact) mass is 202 g/mol. The summed E-state index contributed by atoms with van der Waals surface area (Å²) >= 11 is 0. The molecule has 0 unspecified atom stereocenters. The Bertz CT molecular complexity index is 463. The molecule has 1 heteroatoms. The van der Waals surface area contributed by atoms with Crippen molar-refractivity contribution in [3.8, 4) is 0 Å². The molecule has 0 fully saturated rings. The molecule has 80 valence electrons. The van der Waals surface area contributed by atoms with Gasteiger partial charge in [-0.1, -0.05) is 38.1 Å². The molecule has 0 bridgehead atoms. The largest absolute Gasteiger partial charge is 0.461 e. The number of furan rings is 1. The Labute approximate surface area is 91.4 Å². The van der Waals surface area contributed by atoms with Gasteiger partial charge in [0, 0.05) is 10.9 Å². The lowest BCUT2D eigenvalue weighted by atomic mass is 10.1. The van der Waals surface area contributed by atoms with E-state index in [4.69, 9.17) is 4.42 Å². The summed E-state index contributed by atoms with van der Waals surface area (Å²) in [7, 11) is 0. The first kappa shape index (κ1) is 11.6. The highest BCUT2D eigenvalue weighted by atomic mass is 16.3. The van der Waals surface area contributed by atoms with Crippen LogP contribution in [0.5, 0.6) is 0 Å². The second-order valence-electron chi connectivity index (χ2n) is 3.28. The number of fused-ring (bicyclic) bond motifs is 1. The van der Waals surface area contributed by atoms with E-state index in [-0.39, 0.29) is 0 Å². The van der Waals surface area contributed by atoms with Gasteiger partial charge in [-0.2, -0.15) is 0 Å². The third-order valence-corrected chi connectivity index (χ3v) is 2.27. The van der Waals surface area contributed by atoms with Crippen molar-refractivity contribution < 1.29 is 4.42 Å². The quantitative estimate of drug-likeness (QED) is 0.652. The molecule has 0 N–H and O–H groups in total. The Kier molecular flexibility index (Phi) is 3.73. The van der Waals surface area contributed by atoms with Crippen LogP contribution < -0.4 is 0 Å². The van der Waals surface area contributed by atoms with E-state index in [1.165, 1.54) is 5.56 Å². The van der Waals surface area contributed by atoms with Gasteiger partial charge in [-0.25, -0.2) is 0 Å². The Morgan fingerprint density at radius 2 is 1.87 bits per heavy atom. The summed E-state index contributed by atoms with van der Waals surface area (Å²) in [5.74, 6) is 0.940. The van der Waals surface area contributed by atoms with Gasteiger partial charge in [-0.3, -0.25) is 0 Å². The van der Waals surface area contributed by atoms with Gasteiger partial charge in [-0.15, -0.1) is 0 Å². The lowest BCUT2D eigenvalue weighted by molar-refractivity contribution is 0.577. The molecule has 0 saturated heterocycles. The van der Waals surface area contributed by atoms with E-state index in [9.17, 15) is 0 Å². The van der Waals surface area contributed by atoms with Gasteiger partial charge in [0.25, 0.3) is 0 Å². The van der Waals surface area contributed by atoms with Crippen LogP contribution >= 0.6 is 0 Å². The van der Waals surface area contributed by atoms with Crippen molar-refractivity contribution >= 4 is 17.0 Å². The summed E-state index contributed by atoms with van der Waals surface area (Å²) in [5, 5.41) is 1.16. The van der Waals surface area contributed by atoms with Gasteiger partial charge >= 0.3 is 0 Å². The lowest BCUT2D eigenvalue weighted by Crippen LogP contribution is -1.73. The highest BCUT2D eigenvalue weighted by molar-refractivity contribution is 5.88. The fourth-order valence-electron chi connectivity index (χ4n) is 1.61. The maximum absolute atomic E-state index is 5.57. The van der Waals surface area contributed by atoms with Crippen molar-refractivity contribution in [2.75, 3.05) is 0 Å². The number of aryl methyl sites for hydroxylation is 2. The van der Waals surface area contributed by atoms with E-state index in [1.54, 1.807) is 0 Å². The van der Waals surface area contributed by atoms with Crippen molar-refractivity contribution in [3.63, 3.8) is 0 Å². The highest BCUT2D eigenvalue weighted by Crippen LogP contribution is 2.26. The van der Waals surface area contributed by atoms with Crippen LogP contribution in [0, 0.1) is 13.8 Å². The van der Waals surface area contributed by atoms with Crippen molar-refractivity contribution in [2.24, 2.45) is 0 Å². The second kappa shape index (κ2) is 4.83. The topological polar surface area (TPSA) is 13.1 Å². The van der Waals surface area contributed by atoms with Gasteiger partial charge in [0.1, 0.15) is 11.3 Å². The first-order chi connectivity index (χ1) is 7.22. The first-order valence-electron chi connectivity index (χ1n) is 5.34. The lowest BCUT2D eigenvalue weighted by Gasteiger charge is -1.92. The number of hydrogen-bond acceptors (Lipinski definition) is 1. The Hall–Kier alpha value is -1.50. The number of benzene rings is 1. The molecule has 2 aromatic rings. The van der Waals surface area contributed by atoms with Crippen LogP contribution in [0.25, 0.3) is 17.0 Å². The summed E-state index contributed by atoms with van der Waals surface area (Å²) in [6.45, 7) is 11.8. The van der Waals surface area contributed by atoms with E-state index >= 15 is 0 Å². The third-order valence-electron chi connectivity index (χ3n) is 2.27. The fraction of sp³-hybridized carbons (Fsp3) is 0.286. The molecule has 0 radical (unpaired) electrons. The summed E-state index contributed by atoms with van der Waals surface area (Å²) in [5.41, 5.74) is 3.30. The molecule has 0 amide bonds. The average molecular weight is 202 g/mol. The molecular weight excluding hydrogens is 184 g/mol. The van der Waals surface area contributed by atoms with Crippen LogP contribution in [0.3, 0.4) is 0 Å². The van der Waals surface area contributed by atoms with Gasteiger partial charge in [-0.05, 0) is 26.0 Å². The third kappa shape index (κ3) is 2.12. The van der Waals surface area contributed by atoms with Gasteiger partial charge < -0.3 is 4.42 Å². The molecule has 1 aromatic carbocycles. The van der Waals surface area contributed by atoms with E-state index in [2.05, 4.69) is 25.6 Å². The molecule has 1 heterocycles. The Morgan fingerprint density at radius 1 is 1.20 bits per heavy atom. The predicted molar refractivity (Wildman–Crippen MR) is 67.1 cm³/mol. The SMILES string of the molecule is C=Cc1c(C)oc2ccc(C)cc12.CC. The summed E-state index contributed by atoms with van der Waals surface area (Å²) in [6, 6.07) is 6.19. The van der Waals surface area contributed by atoms with Crippen LogP contribution in [0.1, 0.15) is 30.7 Å². The van der Waals surface area contributed by atoms with Crippen molar-refractivity contribution in [1.82, 2.24) is 0 Å². The zero-order valence-electron chi connectivity index (χ0n) is 9.92. The zero-order chi connectivity index (χ0) is 11.4. The molecule has 0 aliphatic heterocycles. The minimum atomic E-state index is 0.940. The van der Waals surface area contributed by atoms with Crippen molar-refractivity contribution in [2.45, 2.75) is 27.7 Å². The Morgan fingerprint density at radius 3 is 2.47 bits per heavy atom. The molecule has 0 saturated carbocycles. The zero-order valence-corrected chi connectivity index (χ0v) is 9.92. The van der Waals surface area contributed by atoms with Crippen LogP contribution in [-0.2, 0) is 0 Å². The summed E-state index contributed by atoms with van der Waals surface area (Å²) in [4.78, 5) is 0. The van der Waals surface area contributed by atoms with Crippen molar-refractivity contribution in [3.05, 3.63) is 41.7 Å². The van der Waals surface area contributed by atoms with Crippen molar-refractivity contribution in [1.29, 1.82) is 0 Å². The van der Waals surface area contributed by atoms with Crippen LogP contribution in [0.2, 0.25) is 0 Å². The minimum absolute atomic E-state index is 0.940. The average Bonchev–Trinajstić information content (AvgIpc) is 2.56. The molecule has 15 heavy (non-hydrogen) atoms. The molecule has 0 aliphatic rings. The molecule has 0 atom stereocenters. The molecule has 1 nitrogen and oxygen atoms in total. The molecule has 0 aliphatic carbocycles. The van der Waals surface area contributed by atoms with Crippen LogP contribution in [0.15, 0.2) is 29.2 Å². The van der Waals surface area contributed by atoms with E-state index in [1.807, 2.05) is 32.9 Å². The predicted octanol–water partition coefficient (Wildman–Crippen LogP) is 4.72. The normalized spacial score (nSPS) is 9.60. The smallest absolute Gasteiger partial charge is 0.134 e. The standard InChI is InChI=1S/C12H12O.C2H6/c1-4-10-9(3)13-12-6-5-8(2)7-11(10)12;1-2/h4-7H,1H2,2-3H3;1-2H3. The first-order valence-corrected chi connectivity index (χ1v) is 5.34. The van der Waals surface area contributed by atoms with E-state index in [0.717, 1.165) is 22.3 Å². The maximum atomic E-state index is 5.57. The summed E-state index contributed by atoms with van der Waals surface area (Å²) < 4.78 is 5.57. The molecule has 2 rings (SSSR count). The highest BCUT2D eigenvalue weighted by Gasteiger charge is 2.06. The second-order valence-corrected chi connectivity index (χ2v) is 3.28. The van der Waals surface area contributed by atoms with Crippen LogP contribution in [-0.4, -0.2) is 0 Å². The molecule has 1 aromatic heterocycles. The van der Waals surface area contributed by atoms with Crippen LogP contribution in [0.4, 0.5) is 0 Å². The molecule has 0 spiro atoms. The van der Waals surface area contributed by atoms with Gasteiger partial charge in [0.05, 0.1) is 0 Å².